The number of rotatable bonds is 9. The Kier molecular flexibility index (Phi) is 6.71. The molecular formula is C20H26N4O3S2. The number of para-hydroxylation sites is 1. The minimum Gasteiger partial charge on any atom is -0.486 e. The molecule has 0 fully saturated rings. The standard InChI is InChI=1S/C20H26N4O3S2/c1-5-23(6-2)29(25,26)20-15(3)22-24(16(20)4)12-17-14-28-19(21-17)13-27-18-10-8-7-9-11-18/h7-11,14H,5-6,12-13H2,1-4H3. The molecule has 0 aliphatic carbocycles. The molecule has 2 aromatic heterocycles. The van der Waals surface area contributed by atoms with Crippen LogP contribution in [-0.2, 0) is 23.2 Å². The van der Waals surface area contributed by atoms with Crippen molar-refractivity contribution in [2.24, 2.45) is 0 Å². The van der Waals surface area contributed by atoms with Crippen LogP contribution in [0, 0.1) is 13.8 Å². The summed E-state index contributed by atoms with van der Waals surface area (Å²) in [4.78, 5) is 4.90. The van der Waals surface area contributed by atoms with E-state index in [1.165, 1.54) is 15.6 Å². The summed E-state index contributed by atoms with van der Waals surface area (Å²) in [5, 5.41) is 7.29. The number of thiazole rings is 1. The monoisotopic (exact) mass is 434 g/mol. The van der Waals surface area contributed by atoms with Gasteiger partial charge in [0.2, 0.25) is 10.0 Å². The van der Waals surface area contributed by atoms with Crippen molar-refractivity contribution in [3.05, 3.63) is 57.8 Å². The van der Waals surface area contributed by atoms with E-state index >= 15 is 0 Å². The van der Waals surface area contributed by atoms with Crippen molar-refractivity contribution in [1.29, 1.82) is 0 Å². The van der Waals surface area contributed by atoms with Crippen molar-refractivity contribution in [3.8, 4) is 5.75 Å². The third kappa shape index (κ3) is 4.68. The van der Waals surface area contributed by atoms with Gasteiger partial charge in [-0.1, -0.05) is 32.0 Å². The number of aryl methyl sites for hydroxylation is 1. The van der Waals surface area contributed by atoms with Crippen molar-refractivity contribution in [2.45, 2.75) is 45.7 Å². The number of sulfonamides is 1. The average molecular weight is 435 g/mol. The van der Waals surface area contributed by atoms with Gasteiger partial charge >= 0.3 is 0 Å². The van der Waals surface area contributed by atoms with Crippen LogP contribution in [0.4, 0.5) is 0 Å². The van der Waals surface area contributed by atoms with Gasteiger partial charge in [0.15, 0.2) is 0 Å². The molecule has 3 aromatic rings. The van der Waals surface area contributed by atoms with Crippen LogP contribution in [0.5, 0.6) is 5.75 Å². The van der Waals surface area contributed by atoms with E-state index in [2.05, 4.69) is 10.1 Å². The lowest BCUT2D eigenvalue weighted by atomic mass is 10.3. The highest BCUT2D eigenvalue weighted by atomic mass is 32.2. The number of hydrogen-bond donors (Lipinski definition) is 0. The number of nitrogens with zero attached hydrogens (tertiary/aromatic N) is 4. The molecule has 0 radical (unpaired) electrons. The predicted octanol–water partition coefficient (Wildman–Crippen LogP) is 3.61. The quantitative estimate of drug-likeness (QED) is 0.514. The molecule has 1 aromatic carbocycles. The molecule has 0 aliphatic rings. The van der Waals surface area contributed by atoms with Crippen molar-refractivity contribution >= 4 is 21.4 Å². The Bertz CT molecular complexity index is 1050. The summed E-state index contributed by atoms with van der Waals surface area (Å²) in [6.07, 6.45) is 0. The summed E-state index contributed by atoms with van der Waals surface area (Å²) in [7, 11) is -3.56. The first-order chi connectivity index (χ1) is 13.9. The molecule has 0 amide bonds. The smallest absolute Gasteiger partial charge is 0.246 e. The molecule has 0 aliphatic heterocycles. The van der Waals surface area contributed by atoms with Crippen LogP contribution in [0.3, 0.4) is 0 Å². The van der Waals surface area contributed by atoms with Crippen LogP contribution >= 0.6 is 11.3 Å². The molecule has 7 nitrogen and oxygen atoms in total. The zero-order valence-electron chi connectivity index (χ0n) is 17.1. The summed E-state index contributed by atoms with van der Waals surface area (Å²) < 4.78 is 34.8. The third-order valence-corrected chi connectivity index (χ3v) is 7.81. The fourth-order valence-corrected chi connectivity index (χ4v) is 5.73. The molecular weight excluding hydrogens is 408 g/mol. The molecule has 0 atom stereocenters. The Hall–Kier alpha value is -2.23. The van der Waals surface area contributed by atoms with E-state index in [-0.39, 0.29) is 0 Å². The van der Waals surface area contributed by atoms with Gasteiger partial charge in [0.25, 0.3) is 0 Å². The Balaban J connectivity index is 1.76. The highest BCUT2D eigenvalue weighted by molar-refractivity contribution is 7.89. The van der Waals surface area contributed by atoms with E-state index in [0.717, 1.165) is 16.5 Å². The van der Waals surface area contributed by atoms with Gasteiger partial charge in [0.05, 0.1) is 23.6 Å². The molecule has 0 unspecified atom stereocenters. The second kappa shape index (κ2) is 9.06. The van der Waals surface area contributed by atoms with Gasteiger partial charge in [-0.05, 0) is 26.0 Å². The van der Waals surface area contributed by atoms with Gasteiger partial charge in [-0.25, -0.2) is 13.4 Å². The lowest BCUT2D eigenvalue weighted by Gasteiger charge is -2.18. The Labute approximate surface area is 176 Å². The van der Waals surface area contributed by atoms with E-state index < -0.39 is 10.0 Å². The normalized spacial score (nSPS) is 11.9. The van der Waals surface area contributed by atoms with Gasteiger partial charge < -0.3 is 4.74 Å². The molecule has 0 spiro atoms. The molecule has 2 heterocycles. The maximum absolute atomic E-state index is 13.0. The zero-order chi connectivity index (χ0) is 21.0. The molecule has 29 heavy (non-hydrogen) atoms. The summed E-state index contributed by atoms with van der Waals surface area (Å²) in [5.41, 5.74) is 1.97. The third-order valence-electron chi connectivity index (χ3n) is 4.63. The van der Waals surface area contributed by atoms with Crippen molar-refractivity contribution in [2.75, 3.05) is 13.1 Å². The summed E-state index contributed by atoms with van der Waals surface area (Å²) in [5.74, 6) is 0.800. The van der Waals surface area contributed by atoms with Crippen molar-refractivity contribution < 1.29 is 13.2 Å². The second-order valence-corrected chi connectivity index (χ2v) is 9.40. The highest BCUT2D eigenvalue weighted by Crippen LogP contribution is 2.24. The number of benzene rings is 1. The Morgan fingerprint density at radius 1 is 1.14 bits per heavy atom. The highest BCUT2D eigenvalue weighted by Gasteiger charge is 2.29. The van der Waals surface area contributed by atoms with Crippen LogP contribution in [0.25, 0.3) is 0 Å². The topological polar surface area (TPSA) is 77.3 Å². The van der Waals surface area contributed by atoms with E-state index in [1.807, 2.05) is 49.6 Å². The van der Waals surface area contributed by atoms with Crippen LogP contribution in [0.15, 0.2) is 40.6 Å². The van der Waals surface area contributed by atoms with E-state index in [0.29, 0.717) is 42.5 Å². The summed E-state index contributed by atoms with van der Waals surface area (Å²) in [6.45, 7) is 8.88. The first-order valence-electron chi connectivity index (χ1n) is 9.52. The van der Waals surface area contributed by atoms with E-state index in [9.17, 15) is 8.42 Å². The number of ether oxygens (including phenoxy) is 1. The number of aromatic nitrogens is 3. The minimum atomic E-state index is -3.56. The molecule has 0 saturated carbocycles. The maximum Gasteiger partial charge on any atom is 0.246 e. The van der Waals surface area contributed by atoms with Gasteiger partial charge in [0.1, 0.15) is 22.3 Å². The van der Waals surface area contributed by atoms with Gasteiger partial charge in [-0.15, -0.1) is 11.3 Å². The zero-order valence-corrected chi connectivity index (χ0v) is 18.8. The first-order valence-corrected chi connectivity index (χ1v) is 11.8. The molecule has 156 valence electrons. The average Bonchev–Trinajstić information content (AvgIpc) is 3.26. The maximum atomic E-state index is 13.0. The van der Waals surface area contributed by atoms with E-state index in [1.54, 1.807) is 18.5 Å². The molecule has 0 bridgehead atoms. The van der Waals surface area contributed by atoms with Gasteiger partial charge in [-0.2, -0.15) is 9.40 Å². The SMILES string of the molecule is CCN(CC)S(=O)(=O)c1c(C)nn(Cc2csc(COc3ccccc3)n2)c1C. The van der Waals surface area contributed by atoms with Gasteiger partial charge in [-0.3, -0.25) is 4.68 Å². The van der Waals surface area contributed by atoms with Crippen LogP contribution < -0.4 is 4.74 Å². The Morgan fingerprint density at radius 3 is 2.48 bits per heavy atom. The van der Waals surface area contributed by atoms with Crippen LogP contribution in [-0.4, -0.2) is 40.6 Å². The van der Waals surface area contributed by atoms with Crippen molar-refractivity contribution in [3.63, 3.8) is 0 Å². The molecule has 9 heteroatoms. The van der Waals surface area contributed by atoms with Gasteiger partial charge in [0, 0.05) is 18.5 Å². The second-order valence-electron chi connectivity index (χ2n) is 6.58. The largest absolute Gasteiger partial charge is 0.486 e. The fourth-order valence-electron chi connectivity index (χ4n) is 3.20. The predicted molar refractivity (Wildman–Crippen MR) is 114 cm³/mol. The van der Waals surface area contributed by atoms with Crippen LogP contribution in [0.1, 0.15) is 35.9 Å². The van der Waals surface area contributed by atoms with Crippen LogP contribution in [0.2, 0.25) is 0 Å². The molecule has 0 N–H and O–H groups in total. The summed E-state index contributed by atoms with van der Waals surface area (Å²) >= 11 is 1.52. The lowest BCUT2D eigenvalue weighted by molar-refractivity contribution is 0.305. The lowest BCUT2D eigenvalue weighted by Crippen LogP contribution is -2.31. The van der Waals surface area contributed by atoms with E-state index in [4.69, 9.17) is 4.74 Å². The Morgan fingerprint density at radius 2 is 1.83 bits per heavy atom. The molecule has 0 saturated heterocycles. The fraction of sp³-hybridized carbons (Fsp3) is 0.400. The summed E-state index contributed by atoms with van der Waals surface area (Å²) in [6, 6.07) is 9.60. The van der Waals surface area contributed by atoms with Crippen molar-refractivity contribution in [1.82, 2.24) is 19.1 Å². The molecule has 3 rings (SSSR count). The minimum absolute atomic E-state index is 0.295. The number of hydrogen-bond acceptors (Lipinski definition) is 6. The first kappa shape index (κ1) is 21.5.